The first kappa shape index (κ1) is 16.7. The highest BCUT2D eigenvalue weighted by Crippen LogP contribution is 2.22. The van der Waals surface area contributed by atoms with Crippen LogP contribution in [0.1, 0.15) is 0 Å². The summed E-state index contributed by atoms with van der Waals surface area (Å²) in [5.41, 5.74) is 0. The van der Waals surface area contributed by atoms with Gasteiger partial charge in [-0.25, -0.2) is 0 Å². The van der Waals surface area contributed by atoms with Gasteiger partial charge in [0.05, 0.1) is 19.8 Å². The first-order chi connectivity index (χ1) is 8.92. The van der Waals surface area contributed by atoms with Crippen LogP contribution in [-0.2, 0) is 9.47 Å². The lowest BCUT2D eigenvalue weighted by Gasteiger charge is -2.23. The van der Waals surface area contributed by atoms with Gasteiger partial charge in [-0.15, -0.1) is 0 Å². The molecular formula is C10H20O9. The fraction of sp³-hybridized carbons (Fsp3) is 1.00. The molecule has 0 aromatic heterocycles. The van der Waals surface area contributed by atoms with E-state index in [9.17, 15) is 20.4 Å². The van der Waals surface area contributed by atoms with Crippen LogP contribution in [0.15, 0.2) is 0 Å². The Morgan fingerprint density at radius 1 is 1.00 bits per heavy atom. The molecule has 0 saturated carbocycles. The molecule has 114 valence electrons. The van der Waals surface area contributed by atoms with E-state index < -0.39 is 62.7 Å². The molecule has 1 saturated heterocycles. The van der Waals surface area contributed by atoms with E-state index in [1.165, 1.54) is 0 Å². The molecule has 9 heteroatoms. The average molecular weight is 284 g/mol. The third kappa shape index (κ3) is 4.05. The molecule has 0 bridgehead atoms. The highest BCUT2D eigenvalue weighted by atomic mass is 16.7. The topological polar surface area (TPSA) is 160 Å². The number of hydrogen-bond donors (Lipinski definition) is 7. The Kier molecular flexibility index (Phi) is 6.53. The molecule has 1 heterocycles. The molecule has 0 aromatic carbocycles. The zero-order valence-electron chi connectivity index (χ0n) is 10.1. The van der Waals surface area contributed by atoms with Gasteiger partial charge in [-0.2, -0.15) is 0 Å². The van der Waals surface area contributed by atoms with E-state index >= 15 is 0 Å². The Labute approximate surface area is 109 Å². The molecule has 1 unspecified atom stereocenters. The van der Waals surface area contributed by atoms with Crippen LogP contribution in [0, 0.1) is 0 Å². The molecule has 0 spiro atoms. The summed E-state index contributed by atoms with van der Waals surface area (Å²) in [7, 11) is 0. The maximum absolute atomic E-state index is 9.52. The van der Waals surface area contributed by atoms with Gasteiger partial charge in [0, 0.05) is 0 Å². The lowest BCUT2D eigenvalue weighted by atomic mass is 10.1. The quantitative estimate of drug-likeness (QED) is 0.244. The second-order valence-corrected chi connectivity index (χ2v) is 4.35. The van der Waals surface area contributed by atoms with Crippen LogP contribution in [0.4, 0.5) is 0 Å². The van der Waals surface area contributed by atoms with Crippen LogP contribution in [0.25, 0.3) is 0 Å². The summed E-state index contributed by atoms with van der Waals surface area (Å²) in [5.74, 6) is 0. The van der Waals surface area contributed by atoms with E-state index in [-0.39, 0.29) is 0 Å². The fourth-order valence-corrected chi connectivity index (χ4v) is 1.66. The predicted molar refractivity (Wildman–Crippen MR) is 58.8 cm³/mol. The van der Waals surface area contributed by atoms with Crippen LogP contribution in [-0.4, -0.2) is 98.5 Å². The van der Waals surface area contributed by atoms with Crippen molar-refractivity contribution in [2.24, 2.45) is 0 Å². The van der Waals surface area contributed by atoms with Crippen molar-refractivity contribution in [2.75, 3.05) is 19.8 Å². The first-order valence-corrected chi connectivity index (χ1v) is 5.81. The van der Waals surface area contributed by atoms with Crippen LogP contribution >= 0.6 is 0 Å². The third-order valence-electron chi connectivity index (χ3n) is 2.91. The molecule has 1 aliphatic rings. The highest BCUT2D eigenvalue weighted by molar-refractivity contribution is 4.86. The Bertz CT molecular complexity index is 263. The van der Waals surface area contributed by atoms with Gasteiger partial charge in [0.25, 0.3) is 0 Å². The number of aliphatic hydroxyl groups is 7. The van der Waals surface area contributed by atoms with Gasteiger partial charge in [0.2, 0.25) is 0 Å². The second kappa shape index (κ2) is 7.43. The zero-order chi connectivity index (χ0) is 14.6. The lowest BCUT2D eigenvalue weighted by Crippen LogP contribution is -2.43. The Morgan fingerprint density at radius 2 is 1.63 bits per heavy atom. The largest absolute Gasteiger partial charge is 0.394 e. The van der Waals surface area contributed by atoms with Crippen molar-refractivity contribution < 1.29 is 45.2 Å². The summed E-state index contributed by atoms with van der Waals surface area (Å²) in [4.78, 5) is 0. The van der Waals surface area contributed by atoms with E-state index in [0.717, 1.165) is 0 Å². The van der Waals surface area contributed by atoms with Crippen molar-refractivity contribution in [1.82, 2.24) is 0 Å². The molecule has 19 heavy (non-hydrogen) atoms. The van der Waals surface area contributed by atoms with Crippen LogP contribution in [0.2, 0.25) is 0 Å². The van der Waals surface area contributed by atoms with Crippen LogP contribution < -0.4 is 0 Å². The van der Waals surface area contributed by atoms with Crippen molar-refractivity contribution in [2.45, 2.75) is 42.9 Å². The predicted octanol–water partition coefficient (Wildman–Crippen LogP) is -4.48. The first-order valence-electron chi connectivity index (χ1n) is 5.81. The summed E-state index contributed by atoms with van der Waals surface area (Å²) in [5, 5.41) is 64.3. The van der Waals surface area contributed by atoms with Crippen molar-refractivity contribution in [3.05, 3.63) is 0 Å². The third-order valence-corrected chi connectivity index (χ3v) is 2.91. The molecule has 0 amide bonds. The van der Waals surface area contributed by atoms with Gasteiger partial charge in [-0.1, -0.05) is 0 Å². The van der Waals surface area contributed by atoms with E-state index in [2.05, 4.69) is 0 Å². The Morgan fingerprint density at radius 3 is 2.11 bits per heavy atom. The molecule has 9 nitrogen and oxygen atoms in total. The standard InChI is InChI=1S/C10H20O9/c11-1-4(13)7(15)5(14)3-18-10-9(17)8(16)6(2-12)19-10/h4-17H,1-3H2/t4-,5+,6-,7-,8-,9-,10?/m1/s1. The number of rotatable bonds is 7. The monoisotopic (exact) mass is 284 g/mol. The smallest absolute Gasteiger partial charge is 0.186 e. The maximum Gasteiger partial charge on any atom is 0.186 e. The minimum Gasteiger partial charge on any atom is -0.394 e. The van der Waals surface area contributed by atoms with E-state index in [4.69, 9.17) is 24.8 Å². The number of hydrogen-bond acceptors (Lipinski definition) is 9. The van der Waals surface area contributed by atoms with E-state index in [0.29, 0.717) is 0 Å². The minimum absolute atomic E-state index is 0.495. The SMILES string of the molecule is OC[C@@H](O)[C@@H](O)[C@@H](O)COC1O[C@H](CO)[C@@H](O)[C@H]1O. The van der Waals surface area contributed by atoms with Crippen molar-refractivity contribution >= 4 is 0 Å². The summed E-state index contributed by atoms with van der Waals surface area (Å²) in [6.07, 6.45) is -9.64. The second-order valence-electron chi connectivity index (χ2n) is 4.35. The van der Waals surface area contributed by atoms with Gasteiger partial charge in [0.15, 0.2) is 6.29 Å². The molecule has 1 aliphatic heterocycles. The van der Waals surface area contributed by atoms with Gasteiger partial charge in [0.1, 0.15) is 36.6 Å². The van der Waals surface area contributed by atoms with Crippen LogP contribution in [0.3, 0.4) is 0 Å². The molecule has 0 aromatic rings. The van der Waals surface area contributed by atoms with Crippen molar-refractivity contribution in [1.29, 1.82) is 0 Å². The molecule has 0 radical (unpaired) electrons. The normalized spacial score (nSPS) is 36.2. The van der Waals surface area contributed by atoms with Gasteiger partial charge in [-0.3, -0.25) is 0 Å². The summed E-state index contributed by atoms with van der Waals surface area (Å²) in [6.45, 7) is -1.73. The Balaban J connectivity index is 2.40. The zero-order valence-corrected chi connectivity index (χ0v) is 10.1. The van der Waals surface area contributed by atoms with Crippen LogP contribution in [0.5, 0.6) is 0 Å². The van der Waals surface area contributed by atoms with Gasteiger partial charge < -0.3 is 45.2 Å². The molecule has 1 rings (SSSR count). The summed E-state index contributed by atoms with van der Waals surface area (Å²) < 4.78 is 9.92. The van der Waals surface area contributed by atoms with Crippen molar-refractivity contribution in [3.63, 3.8) is 0 Å². The molecule has 7 N–H and O–H groups in total. The summed E-state index contributed by atoms with van der Waals surface area (Å²) >= 11 is 0. The summed E-state index contributed by atoms with van der Waals surface area (Å²) in [6, 6.07) is 0. The number of ether oxygens (including phenoxy) is 2. The number of aliphatic hydroxyl groups excluding tert-OH is 7. The van der Waals surface area contributed by atoms with Gasteiger partial charge >= 0.3 is 0 Å². The van der Waals surface area contributed by atoms with E-state index in [1.807, 2.05) is 0 Å². The van der Waals surface area contributed by atoms with E-state index in [1.54, 1.807) is 0 Å². The molecule has 0 aliphatic carbocycles. The molecular weight excluding hydrogens is 264 g/mol. The average Bonchev–Trinajstić information content (AvgIpc) is 2.70. The minimum atomic E-state index is -1.62. The fourth-order valence-electron chi connectivity index (χ4n) is 1.66. The van der Waals surface area contributed by atoms with Crippen molar-refractivity contribution in [3.8, 4) is 0 Å². The lowest BCUT2D eigenvalue weighted by molar-refractivity contribution is -0.194. The highest BCUT2D eigenvalue weighted by Gasteiger charge is 2.43. The Hall–Kier alpha value is -0.360. The molecule has 7 atom stereocenters. The maximum atomic E-state index is 9.52. The molecule has 1 fully saturated rings. The van der Waals surface area contributed by atoms with Gasteiger partial charge in [-0.05, 0) is 0 Å².